The molecule has 0 aromatic rings. The van der Waals surface area contributed by atoms with E-state index >= 15 is 0 Å². The second-order valence-electron chi connectivity index (χ2n) is 11.1. The summed E-state index contributed by atoms with van der Waals surface area (Å²) >= 11 is 0. The normalized spacial score (nSPS) is 13.7. The highest BCUT2D eigenvalue weighted by molar-refractivity contribution is 5.81. The van der Waals surface area contributed by atoms with Crippen LogP contribution in [0.4, 0.5) is 0 Å². The molecule has 0 bridgehead atoms. The van der Waals surface area contributed by atoms with E-state index in [-0.39, 0.29) is 34.4 Å². The molecule has 0 aromatic heterocycles. The van der Waals surface area contributed by atoms with Crippen LogP contribution in [0.2, 0.25) is 0 Å². The summed E-state index contributed by atoms with van der Waals surface area (Å²) in [6.07, 6.45) is 11.5. The summed E-state index contributed by atoms with van der Waals surface area (Å²) in [7, 11) is 0. The van der Waals surface area contributed by atoms with Gasteiger partial charge in [0.05, 0.1) is 19.1 Å². The maximum absolute atomic E-state index is 13.2. The van der Waals surface area contributed by atoms with E-state index in [1.165, 1.54) is 0 Å². The number of carbonyl (C=O) groups excluding carboxylic acids is 3. The molecule has 0 heterocycles. The fourth-order valence-electron chi connectivity index (χ4n) is 5.30. The smallest absolute Gasteiger partial charge is 0.330 e. The van der Waals surface area contributed by atoms with Crippen molar-refractivity contribution in [3.63, 3.8) is 0 Å². The van der Waals surface area contributed by atoms with Gasteiger partial charge in [-0.1, -0.05) is 86.6 Å². The Morgan fingerprint density at radius 1 is 0.765 bits per heavy atom. The molecule has 198 valence electrons. The molecule has 0 spiro atoms. The Bertz CT molecular complexity index is 620. The molecule has 0 aromatic carbocycles. The van der Waals surface area contributed by atoms with Gasteiger partial charge in [0, 0.05) is 12.0 Å². The molecule has 0 aliphatic carbocycles. The van der Waals surface area contributed by atoms with Gasteiger partial charge >= 0.3 is 11.9 Å². The van der Waals surface area contributed by atoms with Crippen molar-refractivity contribution in [3.8, 4) is 0 Å². The van der Waals surface area contributed by atoms with E-state index in [9.17, 15) is 14.4 Å². The molecule has 0 N–H and O–H groups in total. The van der Waals surface area contributed by atoms with Crippen LogP contribution in [0, 0.1) is 22.7 Å². The first-order valence-corrected chi connectivity index (χ1v) is 13.4. The summed E-state index contributed by atoms with van der Waals surface area (Å²) in [5.41, 5.74) is -0.479. The van der Waals surface area contributed by atoms with Gasteiger partial charge in [-0.15, -0.1) is 0 Å². The maximum Gasteiger partial charge on any atom is 0.330 e. The van der Waals surface area contributed by atoms with Crippen LogP contribution >= 0.6 is 0 Å². The van der Waals surface area contributed by atoms with Crippen LogP contribution in [-0.4, -0.2) is 30.9 Å². The van der Waals surface area contributed by atoms with Crippen molar-refractivity contribution in [1.29, 1.82) is 0 Å². The number of Topliss-reactive ketones (excluding diaryl/α,β-unsaturated/α-hetero) is 1. The Balaban J connectivity index is 5.21. The van der Waals surface area contributed by atoms with Crippen LogP contribution in [0.25, 0.3) is 0 Å². The average molecular weight is 481 g/mol. The molecule has 0 saturated carbocycles. The van der Waals surface area contributed by atoms with Gasteiger partial charge < -0.3 is 9.47 Å². The Kier molecular flexibility index (Phi) is 16.1. The van der Waals surface area contributed by atoms with Gasteiger partial charge in [-0.2, -0.15) is 0 Å². The third-order valence-corrected chi connectivity index (χ3v) is 6.96. The Morgan fingerprint density at radius 3 is 1.71 bits per heavy atom. The molecule has 0 aliphatic rings. The fraction of sp³-hybridized carbons (Fsp3) is 0.828. The molecule has 0 radical (unpaired) electrons. The van der Waals surface area contributed by atoms with Crippen LogP contribution < -0.4 is 0 Å². The van der Waals surface area contributed by atoms with Crippen LogP contribution in [0.1, 0.15) is 119 Å². The zero-order chi connectivity index (χ0) is 26.2. The van der Waals surface area contributed by atoms with E-state index in [1.54, 1.807) is 6.92 Å². The van der Waals surface area contributed by atoms with Gasteiger partial charge in [-0.25, -0.2) is 4.79 Å². The first kappa shape index (κ1) is 32.4. The molecule has 0 saturated heterocycles. The van der Waals surface area contributed by atoms with Gasteiger partial charge in [0.15, 0.2) is 0 Å². The minimum atomic E-state index is -0.434. The number of rotatable bonds is 20. The van der Waals surface area contributed by atoms with E-state index in [0.717, 1.165) is 63.9 Å². The van der Waals surface area contributed by atoms with E-state index in [0.29, 0.717) is 26.1 Å². The lowest BCUT2D eigenvalue weighted by atomic mass is 9.61. The Labute approximate surface area is 209 Å². The molecule has 0 amide bonds. The van der Waals surface area contributed by atoms with Gasteiger partial charge in [0.1, 0.15) is 5.78 Å². The molecule has 2 atom stereocenters. The molecule has 0 fully saturated rings. The number of ether oxygens (including phenoxy) is 2. The maximum atomic E-state index is 13.2. The second-order valence-corrected chi connectivity index (χ2v) is 11.1. The average Bonchev–Trinajstić information content (AvgIpc) is 2.74. The third-order valence-electron chi connectivity index (χ3n) is 6.96. The predicted octanol–water partition coefficient (Wildman–Crippen LogP) is 7.46. The molecule has 5 nitrogen and oxygen atoms in total. The van der Waals surface area contributed by atoms with E-state index in [2.05, 4.69) is 48.1 Å². The summed E-state index contributed by atoms with van der Waals surface area (Å²) in [6.45, 7) is 18.7. The van der Waals surface area contributed by atoms with Crippen molar-refractivity contribution in [2.45, 2.75) is 119 Å². The Hall–Kier alpha value is -1.65. The number of hydrogen-bond acceptors (Lipinski definition) is 5. The van der Waals surface area contributed by atoms with Crippen LogP contribution in [-0.2, 0) is 23.9 Å². The first-order valence-electron chi connectivity index (χ1n) is 13.4. The number of unbranched alkanes of at least 4 members (excludes halogenated alkanes) is 5. The van der Waals surface area contributed by atoms with Crippen LogP contribution in [0.15, 0.2) is 12.7 Å². The summed E-state index contributed by atoms with van der Waals surface area (Å²) < 4.78 is 10.7. The van der Waals surface area contributed by atoms with Crippen molar-refractivity contribution >= 4 is 17.7 Å². The third kappa shape index (κ3) is 12.7. The standard InChI is InChI=1S/C29H52O5/c1-9-12-14-18-24(23(4)30)28(5,6)22-29(7,8)25(19-15-13-10-2)27(32)34-21-17-16-20-33-26(31)11-3/h11,24-25H,3,9-10,12-22H2,1-2,4-8H3. The number of ketones is 1. The molecule has 2 unspecified atom stereocenters. The van der Waals surface area contributed by atoms with Crippen molar-refractivity contribution in [1.82, 2.24) is 0 Å². The van der Waals surface area contributed by atoms with E-state index < -0.39 is 5.97 Å². The summed E-state index contributed by atoms with van der Waals surface area (Å²) in [5.74, 6) is -0.537. The van der Waals surface area contributed by atoms with Crippen molar-refractivity contribution in [2.24, 2.45) is 22.7 Å². The van der Waals surface area contributed by atoms with Crippen LogP contribution in [0.5, 0.6) is 0 Å². The van der Waals surface area contributed by atoms with Gasteiger partial charge in [0.25, 0.3) is 0 Å². The number of carbonyl (C=O) groups is 3. The molecule has 0 rings (SSSR count). The first-order chi connectivity index (χ1) is 15.9. The minimum absolute atomic E-state index is 0.00362. The number of esters is 2. The van der Waals surface area contributed by atoms with Crippen molar-refractivity contribution < 1.29 is 23.9 Å². The molecule has 5 heteroatoms. The number of hydrogen-bond donors (Lipinski definition) is 0. The fourth-order valence-corrected chi connectivity index (χ4v) is 5.30. The highest BCUT2D eigenvalue weighted by atomic mass is 16.5. The lowest BCUT2D eigenvalue weighted by Gasteiger charge is -2.42. The zero-order valence-corrected chi connectivity index (χ0v) is 23.2. The van der Waals surface area contributed by atoms with Gasteiger partial charge in [0.2, 0.25) is 0 Å². The molecule has 34 heavy (non-hydrogen) atoms. The monoisotopic (exact) mass is 480 g/mol. The topological polar surface area (TPSA) is 69.7 Å². The lowest BCUT2D eigenvalue weighted by Crippen LogP contribution is -2.40. The van der Waals surface area contributed by atoms with E-state index in [1.807, 2.05) is 0 Å². The van der Waals surface area contributed by atoms with Gasteiger partial charge in [-0.3, -0.25) is 9.59 Å². The molecule has 0 aliphatic heterocycles. The van der Waals surface area contributed by atoms with E-state index in [4.69, 9.17) is 9.47 Å². The predicted molar refractivity (Wildman–Crippen MR) is 139 cm³/mol. The minimum Gasteiger partial charge on any atom is -0.465 e. The zero-order valence-electron chi connectivity index (χ0n) is 23.2. The SMILES string of the molecule is C=CC(=O)OCCCCOC(=O)C(CCCCC)C(C)(C)CC(C)(C)C(CCCCC)C(C)=O. The molecular formula is C29H52O5. The van der Waals surface area contributed by atoms with Crippen LogP contribution in [0.3, 0.4) is 0 Å². The van der Waals surface area contributed by atoms with Crippen molar-refractivity contribution in [2.75, 3.05) is 13.2 Å². The summed E-state index contributed by atoms with van der Waals surface area (Å²) in [4.78, 5) is 36.8. The van der Waals surface area contributed by atoms with Gasteiger partial charge in [-0.05, 0) is 49.9 Å². The summed E-state index contributed by atoms with van der Waals surface area (Å²) in [6, 6.07) is 0. The second kappa shape index (κ2) is 16.9. The highest BCUT2D eigenvalue weighted by Gasteiger charge is 2.43. The molecular weight excluding hydrogens is 428 g/mol. The quantitative estimate of drug-likeness (QED) is 0.103. The van der Waals surface area contributed by atoms with Crippen molar-refractivity contribution in [3.05, 3.63) is 12.7 Å². The summed E-state index contributed by atoms with van der Waals surface area (Å²) in [5, 5.41) is 0. The largest absolute Gasteiger partial charge is 0.465 e. The lowest BCUT2D eigenvalue weighted by molar-refractivity contribution is -0.155. The Morgan fingerprint density at radius 2 is 1.24 bits per heavy atom. The highest BCUT2D eigenvalue weighted by Crippen LogP contribution is 2.46.